The van der Waals surface area contributed by atoms with Crippen LogP contribution in [-0.2, 0) is 11.3 Å². The molecule has 0 radical (unpaired) electrons. The molecule has 2 heterocycles. The largest absolute Gasteiger partial charge is 0.337 e. The molecule has 0 unspecified atom stereocenters. The number of nitrogens with zero attached hydrogens (tertiary/aromatic N) is 3. The fourth-order valence-corrected chi connectivity index (χ4v) is 4.79. The van der Waals surface area contributed by atoms with Gasteiger partial charge in [0, 0.05) is 31.0 Å². The summed E-state index contributed by atoms with van der Waals surface area (Å²) in [4.78, 5) is 19.8. The van der Waals surface area contributed by atoms with Crippen LogP contribution < -0.4 is 0 Å². The molecule has 30 heavy (non-hydrogen) atoms. The van der Waals surface area contributed by atoms with Crippen LogP contribution in [-0.4, -0.2) is 32.4 Å². The quantitative estimate of drug-likeness (QED) is 0.585. The van der Waals surface area contributed by atoms with Gasteiger partial charge < -0.3 is 9.47 Å². The van der Waals surface area contributed by atoms with E-state index in [1.54, 1.807) is 0 Å². The van der Waals surface area contributed by atoms with Crippen LogP contribution >= 0.6 is 0 Å². The highest BCUT2D eigenvalue weighted by Gasteiger charge is 2.39. The Morgan fingerprint density at radius 3 is 2.27 bits per heavy atom. The molecule has 2 aromatic carbocycles. The van der Waals surface area contributed by atoms with Crippen LogP contribution in [0.5, 0.6) is 0 Å². The molecule has 0 saturated carbocycles. The van der Waals surface area contributed by atoms with E-state index >= 15 is 0 Å². The third-order valence-corrected chi connectivity index (χ3v) is 6.82. The van der Waals surface area contributed by atoms with Gasteiger partial charge >= 0.3 is 0 Å². The summed E-state index contributed by atoms with van der Waals surface area (Å²) < 4.78 is 2.35. The minimum absolute atomic E-state index is 0.121. The van der Waals surface area contributed by atoms with E-state index in [1.165, 1.54) is 27.8 Å². The molecule has 0 N–H and O–H groups in total. The van der Waals surface area contributed by atoms with Crippen molar-refractivity contribution in [2.45, 2.75) is 72.9 Å². The van der Waals surface area contributed by atoms with E-state index in [2.05, 4.69) is 77.3 Å². The Morgan fingerprint density at radius 2 is 1.67 bits per heavy atom. The molecule has 158 valence electrons. The molecule has 3 aromatic rings. The average Bonchev–Trinajstić information content (AvgIpc) is 3.24. The lowest BCUT2D eigenvalue weighted by Gasteiger charge is -2.32. The lowest BCUT2D eigenvalue weighted by molar-refractivity contribution is -0.131. The molecule has 4 heteroatoms. The molecule has 0 spiro atoms. The molecule has 1 aliphatic heterocycles. The first kappa shape index (κ1) is 20.6. The van der Waals surface area contributed by atoms with Crippen LogP contribution in [0.2, 0.25) is 0 Å². The van der Waals surface area contributed by atoms with E-state index in [4.69, 9.17) is 4.98 Å². The Hall–Kier alpha value is -2.62. The number of carbonyl (C=O) groups excluding carboxylic acids is 1. The fourth-order valence-electron chi connectivity index (χ4n) is 4.79. The number of amides is 1. The van der Waals surface area contributed by atoms with Crippen molar-refractivity contribution < 1.29 is 4.79 Å². The second-order valence-corrected chi connectivity index (χ2v) is 9.86. The van der Waals surface area contributed by atoms with Gasteiger partial charge in [0.1, 0.15) is 5.82 Å². The van der Waals surface area contributed by atoms with Crippen molar-refractivity contribution in [2.75, 3.05) is 6.54 Å². The molecule has 1 aliphatic rings. The molecular weight excluding hydrogens is 370 g/mol. The van der Waals surface area contributed by atoms with E-state index < -0.39 is 0 Å². The van der Waals surface area contributed by atoms with Crippen molar-refractivity contribution in [3.63, 3.8) is 0 Å². The molecular formula is C26H33N3O. The molecule has 4 nitrogen and oxygen atoms in total. The summed E-state index contributed by atoms with van der Waals surface area (Å²) in [6.07, 6.45) is 0.533. The van der Waals surface area contributed by atoms with E-state index in [0.717, 1.165) is 29.9 Å². The van der Waals surface area contributed by atoms with Gasteiger partial charge in [-0.2, -0.15) is 0 Å². The van der Waals surface area contributed by atoms with Crippen LogP contribution in [0.15, 0.2) is 30.3 Å². The van der Waals surface area contributed by atoms with Gasteiger partial charge in [0.25, 0.3) is 0 Å². The summed E-state index contributed by atoms with van der Waals surface area (Å²) in [6, 6.07) is 10.6. The van der Waals surface area contributed by atoms with Crippen LogP contribution in [0.3, 0.4) is 0 Å². The van der Waals surface area contributed by atoms with Gasteiger partial charge in [-0.1, -0.05) is 18.2 Å². The Morgan fingerprint density at radius 1 is 1.03 bits per heavy atom. The number of benzene rings is 2. The average molecular weight is 404 g/mol. The lowest BCUT2D eigenvalue weighted by atomic mass is 9.94. The van der Waals surface area contributed by atoms with E-state index in [0.29, 0.717) is 6.42 Å². The summed E-state index contributed by atoms with van der Waals surface area (Å²) in [7, 11) is 0. The number of imidazole rings is 1. The maximum absolute atomic E-state index is 12.8. The highest BCUT2D eigenvalue weighted by Crippen LogP contribution is 2.35. The van der Waals surface area contributed by atoms with Crippen LogP contribution in [0.1, 0.15) is 66.8 Å². The zero-order valence-corrected chi connectivity index (χ0v) is 19.3. The molecule has 1 atom stereocenters. The van der Waals surface area contributed by atoms with Gasteiger partial charge in [0.2, 0.25) is 5.91 Å². The van der Waals surface area contributed by atoms with Crippen molar-refractivity contribution in [2.24, 2.45) is 0 Å². The first-order valence-electron chi connectivity index (χ1n) is 10.9. The predicted octanol–water partition coefficient (Wildman–Crippen LogP) is 5.43. The van der Waals surface area contributed by atoms with E-state index in [9.17, 15) is 4.79 Å². The number of aromatic nitrogens is 2. The van der Waals surface area contributed by atoms with Crippen molar-refractivity contribution in [3.05, 3.63) is 64.0 Å². The summed E-state index contributed by atoms with van der Waals surface area (Å²) >= 11 is 0. The van der Waals surface area contributed by atoms with Gasteiger partial charge in [-0.25, -0.2) is 4.98 Å². The highest BCUT2D eigenvalue weighted by molar-refractivity contribution is 5.81. The maximum Gasteiger partial charge on any atom is 0.223 e. The van der Waals surface area contributed by atoms with Crippen LogP contribution in [0.25, 0.3) is 11.0 Å². The number of carbonyl (C=O) groups is 1. The van der Waals surface area contributed by atoms with Crippen LogP contribution in [0, 0.1) is 27.7 Å². The number of para-hydroxylation sites is 2. The van der Waals surface area contributed by atoms with Gasteiger partial charge in [-0.3, -0.25) is 4.79 Å². The SMILES string of the molecule is Cc1cc(C)c(C)c(Cn2c([C@H]3CC(=O)N(C(C)(C)C)C3)nc3ccccc32)c1C. The number of aryl methyl sites for hydroxylation is 2. The van der Waals surface area contributed by atoms with Crippen molar-refractivity contribution in [3.8, 4) is 0 Å². The number of hydrogen-bond acceptors (Lipinski definition) is 2. The van der Waals surface area contributed by atoms with E-state index in [1.807, 2.05) is 11.0 Å². The minimum Gasteiger partial charge on any atom is -0.337 e. The van der Waals surface area contributed by atoms with E-state index in [-0.39, 0.29) is 17.4 Å². The monoisotopic (exact) mass is 403 g/mol. The smallest absolute Gasteiger partial charge is 0.223 e. The number of rotatable bonds is 3. The highest BCUT2D eigenvalue weighted by atomic mass is 16.2. The van der Waals surface area contributed by atoms with Gasteiger partial charge in [0.05, 0.1) is 11.0 Å². The molecule has 1 aromatic heterocycles. The number of hydrogen-bond donors (Lipinski definition) is 0. The van der Waals surface area contributed by atoms with Crippen LogP contribution in [0.4, 0.5) is 0 Å². The third-order valence-electron chi connectivity index (χ3n) is 6.82. The normalized spacial score (nSPS) is 17.4. The summed E-state index contributed by atoms with van der Waals surface area (Å²) in [5.74, 6) is 1.38. The van der Waals surface area contributed by atoms with Crippen molar-refractivity contribution in [1.82, 2.24) is 14.5 Å². The van der Waals surface area contributed by atoms with Gasteiger partial charge in [-0.15, -0.1) is 0 Å². The zero-order chi connectivity index (χ0) is 21.8. The number of fused-ring (bicyclic) bond motifs is 1. The maximum atomic E-state index is 12.8. The van der Waals surface area contributed by atoms with Gasteiger partial charge in [0.15, 0.2) is 0 Å². The lowest BCUT2D eigenvalue weighted by Crippen LogP contribution is -2.42. The predicted molar refractivity (Wildman–Crippen MR) is 123 cm³/mol. The Balaban J connectivity index is 1.83. The van der Waals surface area contributed by atoms with Crippen molar-refractivity contribution in [1.29, 1.82) is 0 Å². The Kier molecular flexibility index (Phi) is 5.00. The molecule has 1 fully saturated rings. The Labute approximate surface area is 179 Å². The standard InChI is InChI=1S/C26H33N3O/c1-16-12-17(2)19(4)21(18(16)3)15-28-23-11-9-8-10-22(23)27-25(28)20-13-24(30)29(14-20)26(5,6)7/h8-12,20H,13-15H2,1-7H3/t20-/m0/s1. The molecule has 1 saturated heterocycles. The third kappa shape index (κ3) is 3.42. The minimum atomic E-state index is -0.163. The molecule has 0 aliphatic carbocycles. The first-order chi connectivity index (χ1) is 14.1. The summed E-state index contributed by atoms with van der Waals surface area (Å²) in [6.45, 7) is 16.7. The zero-order valence-electron chi connectivity index (χ0n) is 19.3. The molecule has 1 amide bonds. The Bertz CT molecular complexity index is 1110. The number of likely N-dealkylation sites (tertiary alicyclic amines) is 1. The molecule has 4 rings (SSSR count). The fraction of sp³-hybridized carbons (Fsp3) is 0.462. The summed E-state index contributed by atoms with van der Waals surface area (Å²) in [5.41, 5.74) is 8.71. The second kappa shape index (κ2) is 7.26. The van der Waals surface area contributed by atoms with Gasteiger partial charge in [-0.05, 0) is 88.4 Å². The summed E-state index contributed by atoms with van der Waals surface area (Å²) in [5, 5.41) is 0. The second-order valence-electron chi connectivity index (χ2n) is 9.86. The first-order valence-corrected chi connectivity index (χ1v) is 10.9. The molecule has 0 bridgehead atoms. The van der Waals surface area contributed by atoms with Crippen molar-refractivity contribution >= 4 is 16.9 Å². The topological polar surface area (TPSA) is 38.1 Å².